The highest BCUT2D eigenvalue weighted by atomic mass is 16.5. The summed E-state index contributed by atoms with van der Waals surface area (Å²) in [6, 6.07) is 15.9. The van der Waals surface area contributed by atoms with Gasteiger partial charge in [-0.3, -0.25) is 14.5 Å². The van der Waals surface area contributed by atoms with Gasteiger partial charge in [0.2, 0.25) is 0 Å². The Morgan fingerprint density at radius 3 is 2.44 bits per heavy atom. The molecule has 0 atom stereocenters. The molecule has 0 bridgehead atoms. The van der Waals surface area contributed by atoms with Crippen molar-refractivity contribution in [2.24, 2.45) is 7.05 Å². The number of benzene rings is 2. The number of aromatic nitrogens is 5. The Hall–Kier alpha value is -4.50. The standard InChI is InChI=1S/C27H25N7O2/c1-28-27(35)20-9-8-17(14-30-20)15-4-6-16(7-5-15)23-25(36-3)24(34(2)33-23)26-31-21-10-18-12-29-13-19(18)11-22(21)32-26/h4-11,14,29H,12-13H2,1-3H3,(H,28,35)(H,31,32). The number of rotatable bonds is 5. The van der Waals surface area contributed by atoms with Gasteiger partial charge in [-0.1, -0.05) is 30.3 Å². The van der Waals surface area contributed by atoms with Crippen LogP contribution in [0.2, 0.25) is 0 Å². The number of hydrogen-bond donors (Lipinski definition) is 3. The summed E-state index contributed by atoms with van der Waals surface area (Å²) < 4.78 is 7.64. The van der Waals surface area contributed by atoms with Crippen LogP contribution in [-0.2, 0) is 20.1 Å². The van der Waals surface area contributed by atoms with Crippen molar-refractivity contribution in [3.63, 3.8) is 0 Å². The third kappa shape index (κ3) is 3.61. The number of fused-ring (bicyclic) bond motifs is 2. The summed E-state index contributed by atoms with van der Waals surface area (Å²) in [5.41, 5.74) is 9.27. The number of aromatic amines is 1. The van der Waals surface area contributed by atoms with E-state index in [-0.39, 0.29) is 5.91 Å². The zero-order valence-electron chi connectivity index (χ0n) is 20.2. The van der Waals surface area contributed by atoms with Crippen LogP contribution in [0.15, 0.2) is 54.7 Å². The fourth-order valence-corrected chi connectivity index (χ4v) is 4.71. The molecule has 9 heteroatoms. The summed E-state index contributed by atoms with van der Waals surface area (Å²) in [6.45, 7) is 1.75. The fraction of sp³-hybridized carbons (Fsp3) is 0.185. The number of methoxy groups -OCH3 is 1. The molecule has 2 aromatic carbocycles. The molecule has 9 nitrogen and oxygen atoms in total. The van der Waals surface area contributed by atoms with E-state index in [0.29, 0.717) is 11.4 Å². The van der Waals surface area contributed by atoms with E-state index >= 15 is 0 Å². The van der Waals surface area contributed by atoms with Crippen LogP contribution < -0.4 is 15.4 Å². The first-order chi connectivity index (χ1) is 17.6. The zero-order chi connectivity index (χ0) is 24.8. The molecule has 0 saturated carbocycles. The van der Waals surface area contributed by atoms with Crippen molar-refractivity contribution in [1.29, 1.82) is 0 Å². The fourth-order valence-electron chi connectivity index (χ4n) is 4.71. The van der Waals surface area contributed by atoms with E-state index in [1.165, 1.54) is 11.1 Å². The van der Waals surface area contributed by atoms with Crippen molar-refractivity contribution in [1.82, 2.24) is 35.4 Å². The summed E-state index contributed by atoms with van der Waals surface area (Å²) in [5, 5.41) is 10.7. The van der Waals surface area contributed by atoms with Gasteiger partial charge in [0.05, 0.1) is 18.1 Å². The van der Waals surface area contributed by atoms with E-state index in [1.807, 2.05) is 37.4 Å². The average molecular weight is 480 g/mol. The molecule has 180 valence electrons. The first kappa shape index (κ1) is 22.0. The Kier molecular flexibility index (Phi) is 5.26. The number of nitrogens with zero attached hydrogens (tertiary/aromatic N) is 4. The largest absolute Gasteiger partial charge is 0.492 e. The van der Waals surface area contributed by atoms with Gasteiger partial charge >= 0.3 is 0 Å². The molecule has 1 aliphatic rings. The van der Waals surface area contributed by atoms with E-state index in [1.54, 1.807) is 31.1 Å². The number of ether oxygens (including phenoxy) is 1. The summed E-state index contributed by atoms with van der Waals surface area (Å²) >= 11 is 0. The molecule has 0 radical (unpaired) electrons. The molecule has 0 saturated heterocycles. The van der Waals surface area contributed by atoms with Gasteiger partial charge < -0.3 is 20.4 Å². The summed E-state index contributed by atoms with van der Waals surface area (Å²) in [6.07, 6.45) is 1.70. The smallest absolute Gasteiger partial charge is 0.269 e. The van der Waals surface area contributed by atoms with E-state index in [9.17, 15) is 4.79 Å². The number of H-pyrrole nitrogens is 1. The molecule has 5 aromatic rings. The first-order valence-electron chi connectivity index (χ1n) is 11.7. The van der Waals surface area contributed by atoms with Crippen molar-refractivity contribution in [2.45, 2.75) is 13.1 Å². The van der Waals surface area contributed by atoms with Crippen LogP contribution in [0.25, 0.3) is 44.9 Å². The Morgan fingerprint density at radius 1 is 1.03 bits per heavy atom. The number of pyridine rings is 1. The highest BCUT2D eigenvalue weighted by Gasteiger charge is 2.23. The number of nitrogens with one attached hydrogen (secondary N) is 3. The van der Waals surface area contributed by atoms with Crippen molar-refractivity contribution in [3.05, 3.63) is 71.5 Å². The number of hydrogen-bond acceptors (Lipinski definition) is 6. The van der Waals surface area contributed by atoms with E-state index < -0.39 is 0 Å². The maximum Gasteiger partial charge on any atom is 0.269 e. The Labute approximate surface area is 207 Å². The lowest BCUT2D eigenvalue weighted by Gasteiger charge is -2.06. The molecule has 4 heterocycles. The third-order valence-electron chi connectivity index (χ3n) is 6.58. The summed E-state index contributed by atoms with van der Waals surface area (Å²) in [7, 11) is 5.14. The van der Waals surface area contributed by atoms with Gasteiger partial charge in [-0.25, -0.2) is 4.98 Å². The molecule has 1 aliphatic heterocycles. The molecule has 0 spiro atoms. The minimum absolute atomic E-state index is 0.208. The maximum atomic E-state index is 11.7. The van der Waals surface area contributed by atoms with E-state index in [0.717, 1.165) is 58.0 Å². The van der Waals surface area contributed by atoms with Gasteiger partial charge in [-0.15, -0.1) is 0 Å². The van der Waals surface area contributed by atoms with Crippen molar-refractivity contribution >= 4 is 16.9 Å². The quantitative estimate of drug-likeness (QED) is 0.355. The lowest BCUT2D eigenvalue weighted by Crippen LogP contribution is -2.18. The third-order valence-corrected chi connectivity index (χ3v) is 6.58. The van der Waals surface area contributed by atoms with Crippen LogP contribution in [-0.4, -0.2) is 44.8 Å². The number of aryl methyl sites for hydroxylation is 1. The zero-order valence-corrected chi connectivity index (χ0v) is 20.2. The molecular weight excluding hydrogens is 454 g/mol. The highest BCUT2D eigenvalue weighted by molar-refractivity contribution is 5.92. The Bertz CT molecular complexity index is 1560. The number of imidazole rings is 1. The van der Waals surface area contributed by atoms with Gasteiger partial charge in [0.1, 0.15) is 17.1 Å². The van der Waals surface area contributed by atoms with Crippen molar-refractivity contribution in [2.75, 3.05) is 14.2 Å². The summed E-state index contributed by atoms with van der Waals surface area (Å²) in [4.78, 5) is 24.3. The number of carbonyl (C=O) groups excluding carboxylic acids is 1. The molecule has 6 rings (SSSR count). The normalized spacial score (nSPS) is 12.6. The minimum atomic E-state index is -0.208. The molecule has 36 heavy (non-hydrogen) atoms. The van der Waals surface area contributed by atoms with Gasteiger partial charge in [-0.2, -0.15) is 5.10 Å². The molecule has 3 aromatic heterocycles. The van der Waals surface area contributed by atoms with Gasteiger partial charge in [0, 0.05) is 44.5 Å². The lowest BCUT2D eigenvalue weighted by atomic mass is 10.0. The Morgan fingerprint density at radius 2 is 1.75 bits per heavy atom. The predicted molar refractivity (Wildman–Crippen MR) is 137 cm³/mol. The molecular formula is C27H25N7O2. The second-order valence-electron chi connectivity index (χ2n) is 8.77. The molecule has 3 N–H and O–H groups in total. The van der Waals surface area contributed by atoms with Crippen molar-refractivity contribution in [3.8, 4) is 39.7 Å². The van der Waals surface area contributed by atoms with E-state index in [2.05, 4.69) is 32.7 Å². The number of carbonyl (C=O) groups is 1. The molecule has 1 amide bonds. The topological polar surface area (TPSA) is 110 Å². The van der Waals surface area contributed by atoms with Crippen molar-refractivity contribution < 1.29 is 9.53 Å². The summed E-state index contributed by atoms with van der Waals surface area (Å²) in [5.74, 6) is 1.18. The molecule has 0 aliphatic carbocycles. The number of amides is 1. The predicted octanol–water partition coefficient (Wildman–Crippen LogP) is 3.66. The molecule has 0 unspecified atom stereocenters. The van der Waals surface area contributed by atoms with Crippen LogP contribution in [0.5, 0.6) is 5.75 Å². The minimum Gasteiger partial charge on any atom is -0.492 e. The highest BCUT2D eigenvalue weighted by Crippen LogP contribution is 2.38. The van der Waals surface area contributed by atoms with Crippen LogP contribution in [0.3, 0.4) is 0 Å². The molecule has 0 fully saturated rings. The SMILES string of the molecule is CNC(=O)c1ccc(-c2ccc(-c3nn(C)c(-c4nc5cc6c(cc5[nH]4)CNC6)c3OC)cc2)cn1. The van der Waals surface area contributed by atoms with Crippen LogP contribution in [0.4, 0.5) is 0 Å². The second-order valence-corrected chi connectivity index (χ2v) is 8.77. The van der Waals surface area contributed by atoms with E-state index in [4.69, 9.17) is 14.8 Å². The second kappa shape index (κ2) is 8.62. The Balaban J connectivity index is 1.34. The van der Waals surface area contributed by atoms with Gasteiger partial charge in [-0.05, 0) is 34.9 Å². The van der Waals surface area contributed by atoms with Gasteiger partial charge in [0.25, 0.3) is 5.91 Å². The van der Waals surface area contributed by atoms with Crippen LogP contribution in [0, 0.1) is 0 Å². The lowest BCUT2D eigenvalue weighted by molar-refractivity contribution is 0.0958. The monoisotopic (exact) mass is 479 g/mol. The first-order valence-corrected chi connectivity index (χ1v) is 11.7. The average Bonchev–Trinajstić information content (AvgIpc) is 3.62. The van der Waals surface area contributed by atoms with Crippen LogP contribution in [0.1, 0.15) is 21.6 Å². The van der Waals surface area contributed by atoms with Gasteiger partial charge in [0.15, 0.2) is 11.6 Å². The van der Waals surface area contributed by atoms with Crippen LogP contribution >= 0.6 is 0 Å². The maximum absolute atomic E-state index is 11.7.